The number of aromatic nitrogens is 11. The number of rotatable bonds is 5. The summed E-state index contributed by atoms with van der Waals surface area (Å²) in [5.41, 5.74) is 4.94. The molecule has 0 aliphatic carbocycles. The Morgan fingerprint density at radius 1 is 0.725 bits per heavy atom. The molecular formula is C28H48N12. The van der Waals surface area contributed by atoms with Crippen LogP contribution in [0.15, 0.2) is 47.5 Å². The molecule has 5 heterocycles. The first-order valence-corrected chi connectivity index (χ1v) is 13.8. The lowest BCUT2D eigenvalue weighted by Gasteiger charge is -2.01. The molecule has 5 rings (SSSR count). The van der Waals surface area contributed by atoms with Crippen LogP contribution in [0.4, 0.5) is 0 Å². The van der Waals surface area contributed by atoms with Gasteiger partial charge in [0.15, 0.2) is 5.82 Å². The van der Waals surface area contributed by atoms with Gasteiger partial charge in [-0.05, 0) is 47.0 Å². The van der Waals surface area contributed by atoms with Crippen LogP contribution >= 0.6 is 0 Å². The molecule has 0 saturated carbocycles. The number of H-pyrrole nitrogens is 4. The van der Waals surface area contributed by atoms with E-state index in [9.17, 15) is 0 Å². The van der Waals surface area contributed by atoms with E-state index in [-0.39, 0.29) is 0 Å². The van der Waals surface area contributed by atoms with E-state index in [4.69, 9.17) is 0 Å². The van der Waals surface area contributed by atoms with Gasteiger partial charge in [0.1, 0.15) is 0 Å². The van der Waals surface area contributed by atoms with E-state index >= 15 is 0 Å². The first-order valence-electron chi connectivity index (χ1n) is 13.8. The zero-order chi connectivity index (χ0) is 29.9. The van der Waals surface area contributed by atoms with Gasteiger partial charge in [0.05, 0.1) is 24.6 Å². The van der Waals surface area contributed by atoms with Crippen LogP contribution in [0, 0.1) is 5.92 Å². The van der Waals surface area contributed by atoms with E-state index in [1.54, 1.807) is 12.4 Å². The number of nitrogens with zero attached hydrogens (tertiary/aromatic N) is 8. The van der Waals surface area contributed by atoms with Gasteiger partial charge in [0.25, 0.3) is 0 Å². The summed E-state index contributed by atoms with van der Waals surface area (Å²) < 4.78 is 0. The first-order chi connectivity index (χ1) is 19.0. The van der Waals surface area contributed by atoms with Crippen molar-refractivity contribution in [2.24, 2.45) is 10.9 Å². The number of allylic oxidation sites excluding steroid dienone is 1. The van der Waals surface area contributed by atoms with Gasteiger partial charge in [-0.15, -0.1) is 10.2 Å². The zero-order valence-electron chi connectivity index (χ0n) is 25.7. The summed E-state index contributed by atoms with van der Waals surface area (Å²) >= 11 is 0. The van der Waals surface area contributed by atoms with Crippen LogP contribution in [0.5, 0.6) is 0 Å². The third-order valence-corrected chi connectivity index (χ3v) is 5.64. The second-order valence-corrected chi connectivity index (χ2v) is 10.7. The molecule has 0 saturated heterocycles. The Morgan fingerprint density at radius 3 is 1.73 bits per heavy atom. The summed E-state index contributed by atoms with van der Waals surface area (Å²) in [5, 5.41) is 36.7. The number of aliphatic imine (C=N–C) groups is 1. The second-order valence-electron chi connectivity index (χ2n) is 10.7. The van der Waals surface area contributed by atoms with E-state index in [1.807, 2.05) is 38.5 Å². The molecule has 220 valence electrons. The molecule has 0 atom stereocenters. The fourth-order valence-electron chi connectivity index (χ4n) is 2.80. The zero-order valence-corrected chi connectivity index (χ0v) is 25.7. The molecule has 0 aromatic carbocycles. The largest absolute Gasteiger partial charge is 0.289 e. The van der Waals surface area contributed by atoms with Gasteiger partial charge in [-0.1, -0.05) is 74.5 Å². The molecule has 12 nitrogen and oxygen atoms in total. The minimum atomic E-state index is 0.369. The van der Waals surface area contributed by atoms with Gasteiger partial charge in [-0.25, -0.2) is 0 Å². The van der Waals surface area contributed by atoms with Crippen molar-refractivity contribution < 1.29 is 0 Å². The summed E-state index contributed by atoms with van der Waals surface area (Å²) in [7, 11) is 0. The number of hydrogen-bond donors (Lipinski definition) is 4. The van der Waals surface area contributed by atoms with Crippen molar-refractivity contribution in [3.05, 3.63) is 65.3 Å². The average Bonchev–Trinajstić information content (AvgIpc) is 3.74. The van der Waals surface area contributed by atoms with Crippen molar-refractivity contribution in [3.63, 3.8) is 0 Å². The molecular weight excluding hydrogens is 504 g/mol. The number of nitrogens with one attached hydrogen (secondary N) is 4. The molecule has 1 aliphatic rings. The molecule has 0 unspecified atom stereocenters. The standard InChI is InChI=1S/C7H11N.2C6H10N2.C5H9N3.C4H8N4/c1-6(2)7-3-4-8-5-7;1-5(2)6-3-7-8-4-6;1-5(2)6-3-4-7-8-6;1-4(2)5-3-6-8-7-5;1-3(2)4-5-7-8-6-4/h3-4,6H,5H2,1-2H3;2*3-5H,1-2H3,(H,7,8);3-4H,1-2H3,(H,6,7,8);3H,1-2H3,(H,5,6,7,8). The molecule has 1 aliphatic heterocycles. The topological polar surface area (TPSA) is 166 Å². The van der Waals surface area contributed by atoms with E-state index in [1.165, 1.54) is 16.8 Å². The minimum Gasteiger partial charge on any atom is -0.289 e. The summed E-state index contributed by atoms with van der Waals surface area (Å²) in [6, 6.07) is 1.99. The molecule has 0 bridgehead atoms. The van der Waals surface area contributed by atoms with Crippen LogP contribution in [-0.2, 0) is 0 Å². The number of tetrazole rings is 1. The lowest BCUT2D eigenvalue weighted by molar-refractivity contribution is 0.754. The third-order valence-electron chi connectivity index (χ3n) is 5.64. The number of hydrogen-bond acceptors (Lipinski definition) is 8. The molecule has 4 N–H and O–H groups in total. The fraction of sp³-hybridized carbons (Fsp3) is 0.571. The Kier molecular flexibility index (Phi) is 16.3. The third kappa shape index (κ3) is 14.3. The summed E-state index contributed by atoms with van der Waals surface area (Å²) in [6.07, 6.45) is 11.3. The van der Waals surface area contributed by atoms with E-state index in [0.29, 0.717) is 29.6 Å². The lowest BCUT2D eigenvalue weighted by atomic mass is 10.1. The van der Waals surface area contributed by atoms with Crippen LogP contribution < -0.4 is 0 Å². The van der Waals surface area contributed by atoms with Gasteiger partial charge < -0.3 is 0 Å². The Bertz CT molecular complexity index is 983. The van der Waals surface area contributed by atoms with Crippen LogP contribution in [0.1, 0.15) is 116 Å². The van der Waals surface area contributed by atoms with Crippen LogP contribution in [0.2, 0.25) is 0 Å². The maximum absolute atomic E-state index is 4.07. The summed E-state index contributed by atoms with van der Waals surface area (Å²) in [5.74, 6) is 3.45. The average molecular weight is 553 g/mol. The van der Waals surface area contributed by atoms with Crippen molar-refractivity contribution in [1.29, 1.82) is 0 Å². The Hall–Kier alpha value is -3.96. The fourth-order valence-corrected chi connectivity index (χ4v) is 2.80. The molecule has 0 fully saturated rings. The molecule has 0 amide bonds. The predicted octanol–water partition coefficient (Wildman–Crippen LogP) is 5.97. The van der Waals surface area contributed by atoms with Crippen LogP contribution in [-0.4, -0.2) is 69.2 Å². The van der Waals surface area contributed by atoms with Crippen LogP contribution in [0.3, 0.4) is 0 Å². The maximum Gasteiger partial charge on any atom is 0.177 e. The highest BCUT2D eigenvalue weighted by atomic mass is 15.5. The lowest BCUT2D eigenvalue weighted by Crippen LogP contribution is -1.93. The van der Waals surface area contributed by atoms with E-state index in [0.717, 1.165) is 18.1 Å². The Balaban J connectivity index is 0.000000250. The van der Waals surface area contributed by atoms with Crippen LogP contribution in [0.25, 0.3) is 0 Å². The Labute approximate surface area is 238 Å². The maximum atomic E-state index is 4.07. The predicted molar refractivity (Wildman–Crippen MR) is 160 cm³/mol. The molecule has 0 spiro atoms. The molecule has 40 heavy (non-hydrogen) atoms. The number of aromatic amines is 4. The molecule has 4 aromatic heterocycles. The van der Waals surface area contributed by atoms with Crippen molar-refractivity contribution >= 4 is 6.21 Å². The van der Waals surface area contributed by atoms with Gasteiger partial charge in [-0.2, -0.15) is 30.8 Å². The summed E-state index contributed by atoms with van der Waals surface area (Å²) in [6.45, 7) is 22.1. The van der Waals surface area contributed by atoms with Gasteiger partial charge in [-0.3, -0.25) is 15.2 Å². The second kappa shape index (κ2) is 19.2. The van der Waals surface area contributed by atoms with Gasteiger partial charge in [0, 0.05) is 30.2 Å². The summed E-state index contributed by atoms with van der Waals surface area (Å²) in [4.78, 5) is 4.07. The molecule has 4 aromatic rings. The van der Waals surface area contributed by atoms with Gasteiger partial charge in [0.2, 0.25) is 0 Å². The molecule has 12 heteroatoms. The smallest absolute Gasteiger partial charge is 0.177 e. The highest BCUT2D eigenvalue weighted by molar-refractivity contribution is 5.75. The molecule has 0 radical (unpaired) electrons. The Morgan fingerprint density at radius 2 is 1.48 bits per heavy atom. The van der Waals surface area contributed by atoms with Crippen molar-refractivity contribution in [1.82, 2.24) is 56.4 Å². The highest BCUT2D eigenvalue weighted by Gasteiger charge is 2.03. The highest BCUT2D eigenvalue weighted by Crippen LogP contribution is 2.12. The quantitative estimate of drug-likeness (QED) is 0.237. The minimum absolute atomic E-state index is 0.369. The van der Waals surface area contributed by atoms with E-state index in [2.05, 4.69) is 123 Å². The monoisotopic (exact) mass is 552 g/mol. The van der Waals surface area contributed by atoms with Crippen molar-refractivity contribution in [2.75, 3.05) is 6.54 Å². The van der Waals surface area contributed by atoms with E-state index < -0.39 is 0 Å². The SMILES string of the molecule is CC(C)C1=CC=NC1.CC(C)c1ccn[nH]1.CC(C)c1cn[nH]c1.CC(C)c1cn[nH]n1.CC(C)c1nn[nH]n1. The normalized spacial score (nSPS) is 11.8. The van der Waals surface area contributed by atoms with Gasteiger partial charge >= 0.3 is 0 Å². The van der Waals surface area contributed by atoms with Crippen molar-refractivity contribution in [2.45, 2.75) is 92.9 Å². The first kappa shape index (κ1) is 34.1. The van der Waals surface area contributed by atoms with Crippen molar-refractivity contribution in [3.8, 4) is 0 Å².